The summed E-state index contributed by atoms with van der Waals surface area (Å²) >= 11 is 4.75. The number of hydrogen-bond donors (Lipinski definition) is 1. The molecular weight excluding hydrogens is 528 g/mol. The minimum atomic E-state index is -0.179. The fraction of sp³-hybridized carbons (Fsp3) is 0.615. The number of halogens is 1. The molecule has 2 aromatic rings. The van der Waals surface area contributed by atoms with Crippen molar-refractivity contribution >= 4 is 44.2 Å². The Morgan fingerprint density at radius 3 is 2.26 bits per heavy atom. The Bertz CT molecular complexity index is 876. The Morgan fingerprint density at radius 2 is 1.60 bits per heavy atom. The number of nitrogens with one attached hydrogen (secondary N) is 1. The van der Waals surface area contributed by atoms with Crippen LogP contribution in [0.2, 0.25) is 0 Å². The summed E-state index contributed by atoms with van der Waals surface area (Å²) in [4.78, 5) is 26.9. The van der Waals surface area contributed by atoms with Crippen molar-refractivity contribution in [3.63, 3.8) is 0 Å². The van der Waals surface area contributed by atoms with Crippen molar-refractivity contribution in [2.24, 2.45) is 0 Å². The van der Waals surface area contributed by atoms with Gasteiger partial charge in [0.05, 0.1) is 6.61 Å². The lowest BCUT2D eigenvalue weighted by molar-refractivity contribution is -0.132. The molecule has 1 aromatic carbocycles. The maximum Gasteiger partial charge on any atom is 0.227 e. The molecule has 1 heterocycles. The van der Waals surface area contributed by atoms with Crippen LogP contribution in [0.4, 0.5) is 5.13 Å². The van der Waals surface area contributed by atoms with Gasteiger partial charge in [0.2, 0.25) is 16.9 Å². The molecule has 0 unspecified atom stereocenters. The molecule has 9 heteroatoms. The summed E-state index contributed by atoms with van der Waals surface area (Å²) in [7, 11) is 1.62. The Balaban J connectivity index is 1.71. The summed E-state index contributed by atoms with van der Waals surface area (Å²) in [5.74, 6) is -0.0898. The van der Waals surface area contributed by atoms with Crippen molar-refractivity contribution in [1.82, 2.24) is 15.1 Å². The zero-order valence-corrected chi connectivity index (χ0v) is 23.5. The number of nitrogens with zero attached hydrogens (tertiary/aromatic N) is 3. The highest BCUT2D eigenvalue weighted by Crippen LogP contribution is 2.27. The number of methoxy groups -OCH3 is 1. The standard InChI is InChI=1S/C26H39BrN4O3S/c1-3-4-5-6-7-8-9-10-11-12-24(33)31(19-20-34-2)18-17-23(32)28-26-30-29-25(35-26)21-13-15-22(27)16-14-21/h13-16H,3-12,17-20H2,1-2H3,(H,28,30,32). The van der Waals surface area contributed by atoms with Crippen LogP contribution in [0.1, 0.15) is 77.6 Å². The van der Waals surface area contributed by atoms with Crippen LogP contribution in [0.25, 0.3) is 10.6 Å². The van der Waals surface area contributed by atoms with Gasteiger partial charge in [0.15, 0.2) is 0 Å². The minimum absolute atomic E-state index is 0.0891. The van der Waals surface area contributed by atoms with Crippen molar-refractivity contribution in [1.29, 1.82) is 0 Å². The second kappa shape index (κ2) is 17.6. The zero-order chi connectivity index (χ0) is 25.3. The first-order valence-corrected chi connectivity index (χ1v) is 14.3. The number of ether oxygens (including phenoxy) is 1. The van der Waals surface area contributed by atoms with Gasteiger partial charge in [-0.15, -0.1) is 10.2 Å². The molecule has 7 nitrogen and oxygen atoms in total. The summed E-state index contributed by atoms with van der Waals surface area (Å²) in [6, 6.07) is 7.77. The molecule has 0 spiro atoms. The fourth-order valence-electron chi connectivity index (χ4n) is 3.71. The first-order valence-electron chi connectivity index (χ1n) is 12.7. The van der Waals surface area contributed by atoms with E-state index in [4.69, 9.17) is 4.74 Å². The smallest absolute Gasteiger partial charge is 0.227 e. The van der Waals surface area contributed by atoms with E-state index in [1.807, 2.05) is 24.3 Å². The zero-order valence-electron chi connectivity index (χ0n) is 21.1. The van der Waals surface area contributed by atoms with Gasteiger partial charge in [-0.1, -0.05) is 97.7 Å². The van der Waals surface area contributed by atoms with E-state index in [0.29, 0.717) is 31.2 Å². The molecule has 0 radical (unpaired) electrons. The maximum atomic E-state index is 12.7. The van der Waals surface area contributed by atoms with Gasteiger partial charge in [-0.25, -0.2) is 0 Å². The van der Waals surface area contributed by atoms with E-state index in [1.165, 1.54) is 56.3 Å². The summed E-state index contributed by atoms with van der Waals surface area (Å²) in [5, 5.41) is 12.2. The van der Waals surface area contributed by atoms with Crippen LogP contribution in [-0.2, 0) is 14.3 Å². The van der Waals surface area contributed by atoms with Gasteiger partial charge in [0.1, 0.15) is 5.01 Å². The number of unbranched alkanes of at least 4 members (excludes halogenated alkanes) is 8. The third-order valence-corrected chi connectivity index (χ3v) is 7.20. The topological polar surface area (TPSA) is 84.4 Å². The van der Waals surface area contributed by atoms with E-state index in [9.17, 15) is 9.59 Å². The largest absolute Gasteiger partial charge is 0.383 e. The molecule has 2 amide bonds. The van der Waals surface area contributed by atoms with E-state index in [0.717, 1.165) is 27.9 Å². The Labute approximate surface area is 222 Å². The first kappa shape index (κ1) is 29.4. The molecule has 35 heavy (non-hydrogen) atoms. The highest BCUT2D eigenvalue weighted by atomic mass is 79.9. The van der Waals surface area contributed by atoms with Crippen LogP contribution in [0, 0.1) is 0 Å². The lowest BCUT2D eigenvalue weighted by atomic mass is 10.1. The van der Waals surface area contributed by atoms with Gasteiger partial charge >= 0.3 is 0 Å². The number of hydrogen-bond acceptors (Lipinski definition) is 6. The van der Waals surface area contributed by atoms with Gasteiger partial charge < -0.3 is 15.0 Å². The van der Waals surface area contributed by atoms with Gasteiger partial charge in [-0.3, -0.25) is 9.59 Å². The van der Waals surface area contributed by atoms with Crippen LogP contribution in [-0.4, -0.2) is 53.7 Å². The van der Waals surface area contributed by atoms with E-state index in [1.54, 1.807) is 12.0 Å². The Morgan fingerprint density at radius 1 is 0.943 bits per heavy atom. The van der Waals surface area contributed by atoms with Gasteiger partial charge in [-0.2, -0.15) is 0 Å². The molecule has 2 rings (SSSR count). The molecular formula is C26H39BrN4O3S. The normalized spacial score (nSPS) is 10.9. The number of aromatic nitrogens is 2. The molecule has 0 fully saturated rings. The lowest BCUT2D eigenvalue weighted by Gasteiger charge is -2.22. The summed E-state index contributed by atoms with van der Waals surface area (Å²) in [6.07, 6.45) is 11.7. The maximum absolute atomic E-state index is 12.7. The predicted molar refractivity (Wildman–Crippen MR) is 147 cm³/mol. The average molecular weight is 568 g/mol. The predicted octanol–water partition coefficient (Wildman–Crippen LogP) is 6.69. The lowest BCUT2D eigenvalue weighted by Crippen LogP contribution is -2.36. The average Bonchev–Trinajstić information content (AvgIpc) is 3.31. The molecule has 0 aliphatic rings. The van der Waals surface area contributed by atoms with Crippen LogP contribution < -0.4 is 5.32 Å². The number of carbonyl (C=O) groups is 2. The first-order chi connectivity index (χ1) is 17.0. The molecule has 194 valence electrons. The number of carbonyl (C=O) groups excluding carboxylic acids is 2. The summed E-state index contributed by atoms with van der Waals surface area (Å²) < 4.78 is 6.15. The van der Waals surface area contributed by atoms with E-state index in [2.05, 4.69) is 38.4 Å². The van der Waals surface area contributed by atoms with Crippen LogP contribution >= 0.6 is 27.3 Å². The Hall–Kier alpha value is -1.84. The summed E-state index contributed by atoms with van der Waals surface area (Å²) in [6.45, 7) is 3.55. The van der Waals surface area contributed by atoms with E-state index in [-0.39, 0.29) is 18.2 Å². The van der Waals surface area contributed by atoms with Crippen molar-refractivity contribution in [3.05, 3.63) is 28.7 Å². The molecule has 1 N–H and O–H groups in total. The molecule has 0 saturated heterocycles. The number of anilines is 1. The van der Waals surface area contributed by atoms with Crippen LogP contribution in [0.15, 0.2) is 28.7 Å². The van der Waals surface area contributed by atoms with Crippen molar-refractivity contribution in [3.8, 4) is 10.6 Å². The molecule has 0 aliphatic heterocycles. The van der Waals surface area contributed by atoms with E-state index >= 15 is 0 Å². The van der Waals surface area contributed by atoms with Gasteiger partial charge in [-0.05, 0) is 18.6 Å². The minimum Gasteiger partial charge on any atom is -0.383 e. The van der Waals surface area contributed by atoms with Crippen molar-refractivity contribution in [2.75, 3.05) is 32.1 Å². The van der Waals surface area contributed by atoms with Crippen molar-refractivity contribution < 1.29 is 14.3 Å². The van der Waals surface area contributed by atoms with Gasteiger partial charge in [0.25, 0.3) is 0 Å². The highest BCUT2D eigenvalue weighted by molar-refractivity contribution is 9.10. The second-order valence-corrected chi connectivity index (χ2v) is 10.6. The van der Waals surface area contributed by atoms with Gasteiger partial charge in [0, 0.05) is 43.1 Å². The Kier molecular flexibility index (Phi) is 14.8. The molecule has 0 bridgehead atoms. The third kappa shape index (κ3) is 12.1. The number of rotatable bonds is 18. The SMILES string of the molecule is CCCCCCCCCCCC(=O)N(CCOC)CCC(=O)Nc1nnc(-c2ccc(Br)cc2)s1. The van der Waals surface area contributed by atoms with Crippen LogP contribution in [0.5, 0.6) is 0 Å². The second-order valence-electron chi connectivity index (χ2n) is 8.67. The highest BCUT2D eigenvalue weighted by Gasteiger charge is 2.16. The third-order valence-electron chi connectivity index (χ3n) is 5.78. The van der Waals surface area contributed by atoms with E-state index < -0.39 is 0 Å². The summed E-state index contributed by atoms with van der Waals surface area (Å²) in [5.41, 5.74) is 0.944. The molecule has 1 aromatic heterocycles. The molecule has 0 aliphatic carbocycles. The quantitative estimate of drug-likeness (QED) is 0.203. The van der Waals surface area contributed by atoms with Crippen LogP contribution in [0.3, 0.4) is 0 Å². The molecule has 0 atom stereocenters. The molecule has 0 saturated carbocycles. The number of amides is 2. The van der Waals surface area contributed by atoms with Crippen molar-refractivity contribution in [2.45, 2.75) is 77.6 Å². The fourth-order valence-corrected chi connectivity index (χ4v) is 4.74. The monoisotopic (exact) mass is 566 g/mol. The number of benzene rings is 1.